The van der Waals surface area contributed by atoms with Gasteiger partial charge in [0.15, 0.2) is 5.41 Å². The maximum Gasteiger partial charge on any atom is 0.191 e. The third kappa shape index (κ3) is 4.05. The van der Waals surface area contributed by atoms with Gasteiger partial charge in [0.2, 0.25) is 0 Å². The van der Waals surface area contributed by atoms with E-state index in [4.69, 9.17) is 22.1 Å². The molecule has 0 radical (unpaired) electrons. The fourth-order valence-corrected chi connectivity index (χ4v) is 5.78. The standard InChI is InChI=1S/C29H27ClN4O/c1-17-10-18(2)24(12-20(17)14-35-26-9-8-21(30)11-19(26)3)27-23-7-5-4-6-22(23)25(13-31)28(34)29(27,15-32)16-33/h6,8-12,23,27H,4-5,7,14,34H2,1-3H3/t23-,27+/m1/s1. The van der Waals surface area contributed by atoms with Crippen molar-refractivity contribution in [3.8, 4) is 24.0 Å². The molecule has 2 aliphatic rings. The van der Waals surface area contributed by atoms with Crippen LogP contribution in [0.1, 0.15) is 53.0 Å². The molecule has 35 heavy (non-hydrogen) atoms. The van der Waals surface area contributed by atoms with Crippen molar-refractivity contribution in [2.75, 3.05) is 0 Å². The molecule has 2 atom stereocenters. The summed E-state index contributed by atoms with van der Waals surface area (Å²) in [6.07, 6.45) is 4.65. The van der Waals surface area contributed by atoms with Gasteiger partial charge in [0, 0.05) is 10.9 Å². The SMILES string of the molecule is Cc1cc(C)c([C@@H]2[C@@H]3CCCC=C3C(C#N)=C(N)C2(C#N)C#N)cc1COc1ccc(Cl)cc1C. The van der Waals surface area contributed by atoms with Crippen LogP contribution in [0.15, 0.2) is 53.3 Å². The average Bonchev–Trinajstić information content (AvgIpc) is 2.84. The summed E-state index contributed by atoms with van der Waals surface area (Å²) in [6, 6.07) is 16.3. The molecule has 4 rings (SSSR count). The van der Waals surface area contributed by atoms with Crippen LogP contribution in [0.3, 0.4) is 0 Å². The summed E-state index contributed by atoms with van der Waals surface area (Å²) in [5.41, 5.74) is 10.9. The van der Waals surface area contributed by atoms with Crippen molar-refractivity contribution >= 4 is 11.6 Å². The van der Waals surface area contributed by atoms with Crippen molar-refractivity contribution in [2.24, 2.45) is 17.1 Å². The second kappa shape index (κ2) is 9.50. The smallest absolute Gasteiger partial charge is 0.191 e. The average molecular weight is 483 g/mol. The lowest BCUT2D eigenvalue weighted by molar-refractivity contribution is 0.300. The van der Waals surface area contributed by atoms with Gasteiger partial charge in [-0.15, -0.1) is 0 Å². The van der Waals surface area contributed by atoms with Gasteiger partial charge >= 0.3 is 0 Å². The Hall–Kier alpha value is -3.72. The highest BCUT2D eigenvalue weighted by Gasteiger charge is 2.54. The number of nitrogens with zero attached hydrogens (tertiary/aromatic N) is 3. The Balaban J connectivity index is 1.83. The second-order valence-electron chi connectivity index (χ2n) is 9.44. The number of benzene rings is 2. The fourth-order valence-electron chi connectivity index (χ4n) is 5.55. The van der Waals surface area contributed by atoms with E-state index in [0.29, 0.717) is 17.2 Å². The van der Waals surface area contributed by atoms with E-state index < -0.39 is 11.3 Å². The van der Waals surface area contributed by atoms with Crippen LogP contribution in [0.5, 0.6) is 5.75 Å². The van der Waals surface area contributed by atoms with E-state index in [9.17, 15) is 15.8 Å². The summed E-state index contributed by atoms with van der Waals surface area (Å²) >= 11 is 6.08. The highest BCUT2D eigenvalue weighted by Crippen LogP contribution is 2.56. The van der Waals surface area contributed by atoms with Crippen molar-refractivity contribution in [3.05, 3.63) is 86.1 Å². The third-order valence-corrected chi connectivity index (χ3v) is 7.61. The number of fused-ring (bicyclic) bond motifs is 1. The minimum Gasteiger partial charge on any atom is -0.489 e. The lowest BCUT2D eigenvalue weighted by atomic mass is 9.56. The van der Waals surface area contributed by atoms with Gasteiger partial charge in [-0.3, -0.25) is 0 Å². The molecule has 0 spiro atoms. The first-order valence-electron chi connectivity index (χ1n) is 11.7. The van der Waals surface area contributed by atoms with Crippen LogP contribution in [0.4, 0.5) is 0 Å². The largest absolute Gasteiger partial charge is 0.489 e. The number of nitrogens with two attached hydrogens (primary N) is 1. The number of nitriles is 3. The minimum atomic E-state index is -1.62. The molecular weight excluding hydrogens is 456 g/mol. The molecule has 0 saturated heterocycles. The van der Waals surface area contributed by atoms with Gasteiger partial charge in [0.1, 0.15) is 18.4 Å². The number of hydrogen-bond acceptors (Lipinski definition) is 5. The lowest BCUT2D eigenvalue weighted by Crippen LogP contribution is -2.43. The van der Waals surface area contributed by atoms with Gasteiger partial charge < -0.3 is 10.5 Å². The Labute approximate surface area is 211 Å². The van der Waals surface area contributed by atoms with Crippen LogP contribution in [-0.2, 0) is 6.61 Å². The first-order chi connectivity index (χ1) is 16.8. The molecule has 0 unspecified atom stereocenters. The number of rotatable bonds is 4. The molecule has 2 N–H and O–H groups in total. The molecule has 0 fully saturated rings. The molecule has 0 amide bonds. The molecule has 5 nitrogen and oxygen atoms in total. The minimum absolute atomic E-state index is 0.0639. The van der Waals surface area contributed by atoms with E-state index in [1.807, 2.05) is 32.9 Å². The van der Waals surface area contributed by atoms with Crippen molar-refractivity contribution in [3.63, 3.8) is 0 Å². The van der Waals surface area contributed by atoms with Crippen LogP contribution < -0.4 is 10.5 Å². The topological polar surface area (TPSA) is 107 Å². The summed E-state index contributed by atoms with van der Waals surface area (Å²) in [5.74, 6) is 0.150. The molecule has 0 bridgehead atoms. The monoisotopic (exact) mass is 482 g/mol. The van der Waals surface area contributed by atoms with Crippen LogP contribution >= 0.6 is 11.6 Å². The van der Waals surface area contributed by atoms with E-state index >= 15 is 0 Å². The molecular formula is C29H27ClN4O. The molecule has 2 aromatic rings. The Morgan fingerprint density at radius 1 is 1.06 bits per heavy atom. The maximum absolute atomic E-state index is 10.3. The van der Waals surface area contributed by atoms with Crippen molar-refractivity contribution < 1.29 is 4.74 Å². The fraction of sp³-hybridized carbons (Fsp3) is 0.345. The summed E-state index contributed by atoms with van der Waals surface area (Å²) in [7, 11) is 0. The Morgan fingerprint density at radius 2 is 1.80 bits per heavy atom. The van der Waals surface area contributed by atoms with E-state index in [2.05, 4.69) is 36.4 Å². The van der Waals surface area contributed by atoms with Crippen LogP contribution in [0.25, 0.3) is 0 Å². The zero-order valence-corrected chi connectivity index (χ0v) is 20.9. The molecule has 2 aliphatic carbocycles. The normalized spacial score (nSPS) is 20.7. The van der Waals surface area contributed by atoms with Gasteiger partial charge in [-0.1, -0.05) is 29.8 Å². The zero-order valence-electron chi connectivity index (χ0n) is 20.2. The van der Waals surface area contributed by atoms with Crippen LogP contribution in [0.2, 0.25) is 5.02 Å². The Bertz CT molecular complexity index is 1370. The van der Waals surface area contributed by atoms with E-state index in [1.54, 1.807) is 6.07 Å². The predicted molar refractivity (Wildman–Crippen MR) is 135 cm³/mol. The third-order valence-electron chi connectivity index (χ3n) is 7.38. The molecule has 0 aliphatic heterocycles. The van der Waals surface area contributed by atoms with Gasteiger partial charge in [-0.2, -0.15) is 15.8 Å². The Kier molecular flexibility index (Phi) is 6.62. The van der Waals surface area contributed by atoms with E-state index in [0.717, 1.165) is 58.4 Å². The summed E-state index contributed by atoms with van der Waals surface area (Å²) in [6.45, 7) is 6.31. The maximum atomic E-state index is 10.3. The number of hydrogen-bond donors (Lipinski definition) is 1. The molecule has 0 saturated carbocycles. The van der Waals surface area contributed by atoms with Gasteiger partial charge in [-0.05, 0) is 97.5 Å². The lowest BCUT2D eigenvalue weighted by Gasteiger charge is -2.44. The highest BCUT2D eigenvalue weighted by atomic mass is 35.5. The van der Waals surface area contributed by atoms with Crippen molar-refractivity contribution in [1.82, 2.24) is 0 Å². The highest BCUT2D eigenvalue weighted by molar-refractivity contribution is 6.30. The quantitative estimate of drug-likeness (QED) is 0.539. The van der Waals surface area contributed by atoms with Crippen molar-refractivity contribution in [1.29, 1.82) is 15.8 Å². The first kappa shape index (κ1) is 24.4. The Morgan fingerprint density at radius 3 is 2.46 bits per heavy atom. The first-order valence-corrected chi connectivity index (χ1v) is 12.1. The van der Waals surface area contributed by atoms with Crippen LogP contribution in [-0.4, -0.2) is 0 Å². The summed E-state index contributed by atoms with van der Waals surface area (Å²) in [5, 5.41) is 31.1. The van der Waals surface area contributed by atoms with Gasteiger partial charge in [0.25, 0.3) is 0 Å². The molecule has 176 valence electrons. The number of halogens is 1. The number of ether oxygens (including phenoxy) is 1. The molecule has 0 heterocycles. The van der Waals surface area contributed by atoms with Gasteiger partial charge in [-0.25, -0.2) is 0 Å². The van der Waals surface area contributed by atoms with E-state index in [-0.39, 0.29) is 11.6 Å². The molecule has 0 aromatic heterocycles. The number of aryl methyl sites for hydroxylation is 3. The zero-order chi connectivity index (χ0) is 25.3. The number of allylic oxidation sites excluding steroid dienone is 4. The second-order valence-corrected chi connectivity index (χ2v) is 9.88. The summed E-state index contributed by atoms with van der Waals surface area (Å²) < 4.78 is 6.13. The molecule has 2 aromatic carbocycles. The van der Waals surface area contributed by atoms with Crippen LogP contribution in [0, 0.1) is 66.1 Å². The molecule has 6 heteroatoms. The van der Waals surface area contributed by atoms with Gasteiger partial charge in [0.05, 0.1) is 23.4 Å². The summed E-state index contributed by atoms with van der Waals surface area (Å²) in [4.78, 5) is 0. The predicted octanol–water partition coefficient (Wildman–Crippen LogP) is 6.44. The van der Waals surface area contributed by atoms with E-state index in [1.165, 1.54) is 0 Å². The van der Waals surface area contributed by atoms with Crippen molar-refractivity contribution in [2.45, 2.75) is 52.6 Å².